The second-order valence-electron chi connectivity index (χ2n) is 2.39. The highest BCUT2D eigenvalue weighted by Crippen LogP contribution is 1.96. The zero-order valence-corrected chi connectivity index (χ0v) is 6.42. The molecule has 6 nitrogen and oxygen atoms in total. The molecule has 0 aromatic heterocycles. The first-order valence-electron chi connectivity index (χ1n) is 3.41. The van der Waals surface area contributed by atoms with Crippen LogP contribution in [-0.2, 0) is 4.79 Å². The van der Waals surface area contributed by atoms with Gasteiger partial charge in [-0.05, 0) is 0 Å². The molecule has 3 atom stereocenters. The maximum atomic E-state index is 10.9. The van der Waals surface area contributed by atoms with Gasteiger partial charge in [0, 0.05) is 0 Å². The zero-order chi connectivity index (χ0) is 9.72. The van der Waals surface area contributed by atoms with Gasteiger partial charge in [-0.2, -0.15) is 0 Å². The van der Waals surface area contributed by atoms with Crippen LogP contribution in [0.25, 0.3) is 0 Å². The Morgan fingerprint density at radius 3 is 2.08 bits per heavy atom. The second-order valence-corrected chi connectivity index (χ2v) is 2.39. The summed E-state index contributed by atoms with van der Waals surface area (Å²) in [4.78, 5) is 10.9. The third-order valence-corrected chi connectivity index (χ3v) is 1.41. The van der Waals surface area contributed by atoms with E-state index in [-0.39, 0.29) is 0 Å². The van der Waals surface area contributed by atoms with Crippen LogP contribution in [0.15, 0.2) is 0 Å². The lowest BCUT2D eigenvalue weighted by molar-refractivity contribution is -0.136. The Morgan fingerprint density at radius 1 is 1.25 bits per heavy atom. The van der Waals surface area contributed by atoms with Gasteiger partial charge >= 0.3 is 0 Å². The fourth-order valence-electron chi connectivity index (χ4n) is 0.599. The molecule has 0 spiro atoms. The molecule has 0 aliphatic heterocycles. The topological polar surface area (TPSA) is 124 Å². The summed E-state index contributed by atoms with van der Waals surface area (Å²) in [6.45, 7) is -1.33. The highest BCUT2D eigenvalue weighted by Gasteiger charge is 2.27. The van der Waals surface area contributed by atoms with Gasteiger partial charge in [0.2, 0.25) is 0 Å². The maximum absolute atomic E-state index is 10.9. The summed E-state index contributed by atoms with van der Waals surface area (Å²) in [6, 6.07) is -1.22. The molecule has 0 aromatic rings. The van der Waals surface area contributed by atoms with E-state index in [1.165, 1.54) is 0 Å². The summed E-state index contributed by atoms with van der Waals surface area (Å²) in [5, 5.41) is 34.5. The Morgan fingerprint density at radius 2 is 1.75 bits per heavy atom. The number of aliphatic hydroxyl groups excluding tert-OH is 4. The number of carbonyl (C=O) groups excluding carboxylic acids is 1. The predicted molar refractivity (Wildman–Crippen MR) is 39.2 cm³/mol. The van der Waals surface area contributed by atoms with E-state index >= 15 is 0 Å². The van der Waals surface area contributed by atoms with E-state index in [0.29, 0.717) is 0 Å². The Hall–Kier alpha value is -0.530. The van der Waals surface area contributed by atoms with Crippen molar-refractivity contribution in [2.45, 2.75) is 18.2 Å². The fraction of sp³-hybridized carbons (Fsp3) is 0.833. The normalized spacial score (nSPS) is 18.4. The van der Waals surface area contributed by atoms with Crippen molar-refractivity contribution in [3.8, 4) is 0 Å². The predicted octanol–water partition coefficient (Wildman–Crippen LogP) is -3.41. The number of hydrogen-bond acceptors (Lipinski definition) is 6. The number of Topliss-reactive ketones (excluding diaryl/α,β-unsaturated/α-hetero) is 1. The smallest absolute Gasteiger partial charge is 0.182 e. The summed E-state index contributed by atoms with van der Waals surface area (Å²) in [5.74, 6) is -0.890. The van der Waals surface area contributed by atoms with Crippen LogP contribution in [0.2, 0.25) is 0 Å². The van der Waals surface area contributed by atoms with Crippen LogP contribution in [-0.4, -0.2) is 57.7 Å². The van der Waals surface area contributed by atoms with Crippen LogP contribution in [0.4, 0.5) is 0 Å². The molecule has 0 unspecified atom stereocenters. The van der Waals surface area contributed by atoms with Crippen LogP contribution in [0.3, 0.4) is 0 Å². The van der Waals surface area contributed by atoms with Crippen LogP contribution in [0, 0.1) is 0 Å². The highest BCUT2D eigenvalue weighted by molar-refractivity contribution is 5.88. The molecule has 72 valence electrons. The first-order valence-corrected chi connectivity index (χ1v) is 3.41. The lowest BCUT2D eigenvalue weighted by Gasteiger charge is -2.16. The van der Waals surface area contributed by atoms with Gasteiger partial charge in [0.1, 0.15) is 12.2 Å². The molecule has 0 amide bonds. The summed E-state index contributed by atoms with van der Waals surface area (Å²) in [6.07, 6.45) is -3.28. The van der Waals surface area contributed by atoms with Gasteiger partial charge in [0.25, 0.3) is 0 Å². The van der Waals surface area contributed by atoms with Crippen molar-refractivity contribution in [1.29, 1.82) is 0 Å². The van der Waals surface area contributed by atoms with Gasteiger partial charge < -0.3 is 26.2 Å². The first-order chi connectivity index (χ1) is 5.54. The van der Waals surface area contributed by atoms with E-state index in [4.69, 9.17) is 26.2 Å². The fourth-order valence-corrected chi connectivity index (χ4v) is 0.599. The average molecular weight is 179 g/mol. The van der Waals surface area contributed by atoms with Crippen LogP contribution in [0.1, 0.15) is 0 Å². The molecule has 6 heteroatoms. The van der Waals surface area contributed by atoms with Crippen molar-refractivity contribution < 1.29 is 25.2 Å². The first kappa shape index (κ1) is 11.5. The van der Waals surface area contributed by atoms with E-state index in [0.717, 1.165) is 0 Å². The minimum Gasteiger partial charge on any atom is -0.394 e. The van der Waals surface area contributed by atoms with Crippen molar-refractivity contribution in [1.82, 2.24) is 0 Å². The van der Waals surface area contributed by atoms with E-state index in [2.05, 4.69) is 0 Å². The summed E-state index contributed by atoms with van der Waals surface area (Å²) in [5.41, 5.74) is 5.06. The van der Waals surface area contributed by atoms with E-state index in [9.17, 15) is 4.79 Å². The third-order valence-electron chi connectivity index (χ3n) is 1.41. The summed E-state index contributed by atoms with van der Waals surface area (Å²) >= 11 is 0. The Labute approximate surface area is 69.2 Å². The summed E-state index contributed by atoms with van der Waals surface area (Å²) < 4.78 is 0. The van der Waals surface area contributed by atoms with E-state index in [1.54, 1.807) is 0 Å². The molecule has 0 fully saturated rings. The van der Waals surface area contributed by atoms with Crippen LogP contribution in [0.5, 0.6) is 0 Å². The number of ketones is 1. The van der Waals surface area contributed by atoms with Crippen molar-refractivity contribution >= 4 is 5.78 Å². The maximum Gasteiger partial charge on any atom is 0.182 e. The minimum atomic E-state index is -1.74. The monoisotopic (exact) mass is 179 g/mol. The number of rotatable bonds is 5. The van der Waals surface area contributed by atoms with Gasteiger partial charge in [-0.15, -0.1) is 0 Å². The molecule has 0 bridgehead atoms. The quantitative estimate of drug-likeness (QED) is 0.299. The molecule has 0 radical (unpaired) electrons. The average Bonchev–Trinajstić information content (AvgIpc) is 2.12. The number of carbonyl (C=O) groups is 1. The second kappa shape index (κ2) is 5.18. The SMILES string of the molecule is N[C@@H](CO)C(=O)[C@@H](O)[C@H](O)CO. The van der Waals surface area contributed by atoms with Gasteiger partial charge in [0.15, 0.2) is 5.78 Å². The van der Waals surface area contributed by atoms with Crippen molar-refractivity contribution in [2.75, 3.05) is 13.2 Å². The standard InChI is InChI=1S/C6H13NO5/c7-3(1-8)5(11)6(12)4(10)2-9/h3-4,6,8-10,12H,1-2,7H2/t3-,4+,6-/m0/s1. The Balaban J connectivity index is 4.09. The Kier molecular flexibility index (Phi) is 4.95. The number of nitrogens with two attached hydrogens (primary N) is 1. The summed E-state index contributed by atoms with van der Waals surface area (Å²) in [7, 11) is 0. The highest BCUT2D eigenvalue weighted by atomic mass is 16.4. The van der Waals surface area contributed by atoms with Crippen LogP contribution >= 0.6 is 0 Å². The van der Waals surface area contributed by atoms with Gasteiger partial charge in [0.05, 0.1) is 19.3 Å². The molecule has 0 saturated heterocycles. The van der Waals surface area contributed by atoms with E-state index < -0.39 is 37.2 Å². The number of aliphatic hydroxyl groups is 4. The molecule has 0 aliphatic rings. The molecule has 0 saturated carbocycles. The molecule has 12 heavy (non-hydrogen) atoms. The number of hydrogen-bond donors (Lipinski definition) is 5. The van der Waals surface area contributed by atoms with Gasteiger partial charge in [-0.1, -0.05) is 0 Å². The molecule has 0 aromatic carbocycles. The zero-order valence-electron chi connectivity index (χ0n) is 6.42. The van der Waals surface area contributed by atoms with Crippen molar-refractivity contribution in [2.24, 2.45) is 5.73 Å². The van der Waals surface area contributed by atoms with Gasteiger partial charge in [-0.25, -0.2) is 0 Å². The molecule has 0 rings (SSSR count). The lowest BCUT2D eigenvalue weighted by Crippen LogP contribution is -2.47. The molecular weight excluding hydrogens is 166 g/mol. The van der Waals surface area contributed by atoms with E-state index in [1.807, 2.05) is 0 Å². The largest absolute Gasteiger partial charge is 0.394 e. The van der Waals surface area contributed by atoms with Crippen molar-refractivity contribution in [3.05, 3.63) is 0 Å². The molecular formula is C6H13NO5. The lowest BCUT2D eigenvalue weighted by atomic mass is 10.0. The Bertz CT molecular complexity index is 151. The molecule has 0 aliphatic carbocycles. The van der Waals surface area contributed by atoms with Crippen molar-refractivity contribution in [3.63, 3.8) is 0 Å². The molecule has 0 heterocycles. The minimum absolute atomic E-state index is 0.603. The van der Waals surface area contributed by atoms with Gasteiger partial charge in [-0.3, -0.25) is 4.79 Å². The van der Waals surface area contributed by atoms with Crippen LogP contribution < -0.4 is 5.73 Å². The molecule has 6 N–H and O–H groups in total. The third kappa shape index (κ3) is 2.84.